The number of pyridine rings is 1. The number of carbonyl (C=O) groups excluding carboxylic acids is 1. The summed E-state index contributed by atoms with van der Waals surface area (Å²) < 4.78 is 1.59. The Bertz CT molecular complexity index is 868. The zero-order valence-corrected chi connectivity index (χ0v) is 13.7. The van der Waals surface area contributed by atoms with Gasteiger partial charge in [0.2, 0.25) is 0 Å². The van der Waals surface area contributed by atoms with Crippen molar-refractivity contribution in [2.24, 2.45) is 4.99 Å². The third-order valence-electron chi connectivity index (χ3n) is 4.35. The van der Waals surface area contributed by atoms with Crippen molar-refractivity contribution in [3.8, 4) is 5.75 Å². The highest BCUT2D eigenvalue weighted by atomic mass is 16.3. The second-order valence-electron chi connectivity index (χ2n) is 5.87. The summed E-state index contributed by atoms with van der Waals surface area (Å²) in [4.78, 5) is 29.1. The minimum absolute atomic E-state index is 0.159. The molecule has 0 aliphatic carbocycles. The van der Waals surface area contributed by atoms with Crippen LogP contribution >= 0.6 is 0 Å². The number of aryl methyl sites for hydroxylation is 2. The van der Waals surface area contributed by atoms with Gasteiger partial charge in [0.05, 0.1) is 5.52 Å². The molecule has 0 spiro atoms. The van der Waals surface area contributed by atoms with E-state index in [4.69, 9.17) is 0 Å². The lowest BCUT2D eigenvalue weighted by molar-refractivity contribution is 0.0948. The molecule has 0 saturated carbocycles. The molecule has 6 nitrogen and oxygen atoms in total. The van der Waals surface area contributed by atoms with Crippen LogP contribution in [-0.4, -0.2) is 34.9 Å². The summed E-state index contributed by atoms with van der Waals surface area (Å²) in [7, 11) is 0. The Morgan fingerprint density at radius 3 is 3.04 bits per heavy atom. The van der Waals surface area contributed by atoms with Crippen molar-refractivity contribution in [3.05, 3.63) is 39.7 Å². The molecule has 1 amide bonds. The summed E-state index contributed by atoms with van der Waals surface area (Å²) >= 11 is 0. The van der Waals surface area contributed by atoms with Crippen molar-refractivity contribution in [3.63, 3.8) is 0 Å². The number of hydrogen-bond donors (Lipinski definition) is 2. The third-order valence-corrected chi connectivity index (χ3v) is 4.35. The fourth-order valence-corrected chi connectivity index (χ4v) is 3.17. The standard InChI is InChI=1S/C18H21N3O3/c1-2-19-9-3-4-10-20-17(23)14-16(22)13-7-5-6-12-8-11-21(15(12)13)18(14)24/h2,5-7,22H,3-4,8-11H2,1H3,(H,20,23). The van der Waals surface area contributed by atoms with Crippen molar-refractivity contribution < 1.29 is 9.90 Å². The average Bonchev–Trinajstić information content (AvgIpc) is 3.01. The van der Waals surface area contributed by atoms with E-state index >= 15 is 0 Å². The number of para-hydroxylation sites is 1. The second kappa shape index (κ2) is 6.86. The Morgan fingerprint density at radius 1 is 1.42 bits per heavy atom. The fourth-order valence-electron chi connectivity index (χ4n) is 3.17. The molecule has 0 saturated heterocycles. The number of rotatable bonds is 6. The Kier molecular flexibility index (Phi) is 4.64. The molecule has 126 valence electrons. The molecule has 1 aliphatic heterocycles. The molecule has 6 heteroatoms. The van der Waals surface area contributed by atoms with Gasteiger partial charge < -0.3 is 15.0 Å². The molecule has 3 rings (SSSR count). The summed E-state index contributed by atoms with van der Waals surface area (Å²) in [6.07, 6.45) is 4.14. The van der Waals surface area contributed by atoms with Gasteiger partial charge in [0.1, 0.15) is 11.3 Å². The van der Waals surface area contributed by atoms with Gasteiger partial charge in [-0.25, -0.2) is 0 Å². The Labute approximate surface area is 139 Å². The highest BCUT2D eigenvalue weighted by molar-refractivity contribution is 6.03. The first-order valence-electron chi connectivity index (χ1n) is 8.25. The maximum absolute atomic E-state index is 12.6. The van der Waals surface area contributed by atoms with Crippen molar-refractivity contribution in [2.75, 3.05) is 13.1 Å². The summed E-state index contributed by atoms with van der Waals surface area (Å²) in [5.41, 5.74) is 1.20. The molecule has 2 N–H and O–H groups in total. The molecule has 2 heterocycles. The number of aromatic hydroxyl groups is 1. The molecule has 1 aliphatic rings. The van der Waals surface area contributed by atoms with Gasteiger partial charge in [-0.2, -0.15) is 0 Å². The van der Waals surface area contributed by atoms with Crippen LogP contribution in [0, 0.1) is 0 Å². The molecule has 0 radical (unpaired) electrons. The van der Waals surface area contributed by atoms with Crippen LogP contribution in [0.15, 0.2) is 28.0 Å². The smallest absolute Gasteiger partial charge is 0.267 e. The maximum Gasteiger partial charge on any atom is 0.267 e. The Morgan fingerprint density at radius 2 is 2.25 bits per heavy atom. The van der Waals surface area contributed by atoms with Crippen LogP contribution in [0.5, 0.6) is 5.75 Å². The maximum atomic E-state index is 12.6. The summed E-state index contributed by atoms with van der Waals surface area (Å²) in [6, 6.07) is 5.53. The fraction of sp³-hybridized carbons (Fsp3) is 0.389. The quantitative estimate of drug-likeness (QED) is 0.627. The summed E-state index contributed by atoms with van der Waals surface area (Å²) in [5, 5.41) is 13.7. The second-order valence-corrected chi connectivity index (χ2v) is 5.87. The molecule has 0 atom stereocenters. The van der Waals surface area contributed by atoms with Crippen molar-refractivity contribution in [1.29, 1.82) is 0 Å². The van der Waals surface area contributed by atoms with Crippen LogP contribution in [0.1, 0.15) is 35.7 Å². The SMILES string of the molecule is CC=NCCCCNC(=O)c1c(O)c2cccc3c2n(c1=O)CC3. The first-order chi connectivity index (χ1) is 11.6. The first kappa shape index (κ1) is 16.2. The molecular weight excluding hydrogens is 306 g/mol. The minimum atomic E-state index is -0.514. The highest BCUT2D eigenvalue weighted by Crippen LogP contribution is 2.31. The largest absolute Gasteiger partial charge is 0.506 e. The highest BCUT2D eigenvalue weighted by Gasteiger charge is 2.25. The van der Waals surface area contributed by atoms with Crippen LogP contribution in [0.3, 0.4) is 0 Å². The van der Waals surface area contributed by atoms with Crippen molar-refractivity contribution in [2.45, 2.75) is 32.7 Å². The van der Waals surface area contributed by atoms with Crippen LogP contribution < -0.4 is 10.9 Å². The van der Waals surface area contributed by atoms with E-state index in [2.05, 4.69) is 10.3 Å². The van der Waals surface area contributed by atoms with Gasteiger partial charge in [0, 0.05) is 25.0 Å². The Balaban J connectivity index is 1.83. The molecule has 0 unspecified atom stereocenters. The average molecular weight is 327 g/mol. The number of nitrogens with zero attached hydrogens (tertiary/aromatic N) is 2. The van der Waals surface area contributed by atoms with Crippen LogP contribution in [-0.2, 0) is 13.0 Å². The third kappa shape index (κ3) is 2.79. The zero-order valence-electron chi connectivity index (χ0n) is 13.7. The minimum Gasteiger partial charge on any atom is -0.506 e. The van der Waals surface area contributed by atoms with E-state index in [1.165, 1.54) is 0 Å². The predicted molar refractivity (Wildman–Crippen MR) is 94.2 cm³/mol. The molecule has 2 aromatic rings. The number of benzene rings is 1. The van der Waals surface area contributed by atoms with Gasteiger partial charge in [0.15, 0.2) is 0 Å². The van der Waals surface area contributed by atoms with Crippen LogP contribution in [0.25, 0.3) is 10.9 Å². The molecule has 24 heavy (non-hydrogen) atoms. The lowest BCUT2D eigenvalue weighted by Gasteiger charge is -2.11. The van der Waals surface area contributed by atoms with E-state index in [0.29, 0.717) is 18.5 Å². The van der Waals surface area contributed by atoms with Crippen LogP contribution in [0.4, 0.5) is 0 Å². The van der Waals surface area contributed by atoms with E-state index in [1.54, 1.807) is 16.8 Å². The molecular formula is C18H21N3O3. The van der Waals surface area contributed by atoms with E-state index in [0.717, 1.165) is 36.9 Å². The molecule has 0 fully saturated rings. The van der Waals surface area contributed by atoms with E-state index in [1.807, 2.05) is 19.1 Å². The number of unbranched alkanes of at least 4 members (excludes halogenated alkanes) is 1. The molecule has 0 bridgehead atoms. The summed E-state index contributed by atoms with van der Waals surface area (Å²) in [5.74, 6) is -0.734. The van der Waals surface area contributed by atoms with Gasteiger partial charge in [-0.3, -0.25) is 14.6 Å². The number of aliphatic imine (C=N–C) groups is 1. The predicted octanol–water partition coefficient (Wildman–Crippen LogP) is 1.86. The number of hydrogen-bond acceptors (Lipinski definition) is 4. The van der Waals surface area contributed by atoms with E-state index < -0.39 is 11.5 Å². The monoisotopic (exact) mass is 327 g/mol. The Hall–Kier alpha value is -2.63. The summed E-state index contributed by atoms with van der Waals surface area (Å²) in [6.45, 7) is 3.59. The topological polar surface area (TPSA) is 83.7 Å². The van der Waals surface area contributed by atoms with Gasteiger partial charge in [-0.15, -0.1) is 0 Å². The normalized spacial score (nSPS) is 13.0. The molecule has 1 aromatic heterocycles. The number of amides is 1. The molecule has 1 aromatic carbocycles. The van der Waals surface area contributed by atoms with Gasteiger partial charge in [-0.05, 0) is 44.0 Å². The van der Waals surface area contributed by atoms with Crippen molar-refractivity contribution in [1.82, 2.24) is 9.88 Å². The van der Waals surface area contributed by atoms with E-state index in [9.17, 15) is 14.7 Å². The lowest BCUT2D eigenvalue weighted by Crippen LogP contribution is -2.33. The van der Waals surface area contributed by atoms with Gasteiger partial charge in [-0.1, -0.05) is 12.1 Å². The lowest BCUT2D eigenvalue weighted by atomic mass is 10.1. The van der Waals surface area contributed by atoms with Gasteiger partial charge >= 0.3 is 0 Å². The van der Waals surface area contributed by atoms with E-state index in [-0.39, 0.29) is 11.3 Å². The van der Waals surface area contributed by atoms with Crippen LogP contribution in [0.2, 0.25) is 0 Å². The van der Waals surface area contributed by atoms with Crippen molar-refractivity contribution >= 4 is 23.0 Å². The first-order valence-corrected chi connectivity index (χ1v) is 8.25. The van der Waals surface area contributed by atoms with Gasteiger partial charge in [0.25, 0.3) is 11.5 Å². The number of carbonyl (C=O) groups is 1. The zero-order chi connectivity index (χ0) is 17.1. The number of aromatic nitrogens is 1. The number of nitrogens with one attached hydrogen (secondary N) is 1.